The molecule has 2 aromatic rings. The van der Waals surface area contributed by atoms with E-state index in [-0.39, 0.29) is 42.8 Å². The number of carboxylic acids is 1. The van der Waals surface area contributed by atoms with Crippen LogP contribution in [0.5, 0.6) is 0 Å². The number of carboxylic acid groups (broad SMARTS) is 1. The third-order valence-electron chi connectivity index (χ3n) is 5.02. The molecule has 1 saturated heterocycles. The van der Waals surface area contributed by atoms with E-state index >= 15 is 0 Å². The second-order valence-electron chi connectivity index (χ2n) is 7.26. The Bertz CT molecular complexity index is 866. The summed E-state index contributed by atoms with van der Waals surface area (Å²) < 4.78 is 18.8. The van der Waals surface area contributed by atoms with Crippen molar-refractivity contribution in [1.82, 2.24) is 15.0 Å². The van der Waals surface area contributed by atoms with E-state index in [1.807, 2.05) is 0 Å². The maximum Gasteiger partial charge on any atom is 0.311 e. The summed E-state index contributed by atoms with van der Waals surface area (Å²) in [6.45, 7) is 4.10. The minimum absolute atomic E-state index is 0.136. The molecular formula is C19H22FN3O4. The summed E-state index contributed by atoms with van der Waals surface area (Å²) in [7, 11) is 0. The predicted molar refractivity (Wildman–Crippen MR) is 94.3 cm³/mol. The van der Waals surface area contributed by atoms with Crippen molar-refractivity contribution in [3.05, 3.63) is 35.5 Å². The number of carbonyl (C=O) groups excluding carboxylic acids is 1. The molecule has 1 unspecified atom stereocenters. The van der Waals surface area contributed by atoms with Gasteiger partial charge in [0.25, 0.3) is 0 Å². The number of piperidine rings is 1. The molecule has 2 heterocycles. The lowest BCUT2D eigenvalue weighted by atomic mass is 9.82. The van der Waals surface area contributed by atoms with Gasteiger partial charge in [-0.2, -0.15) is 4.98 Å². The molecule has 1 atom stereocenters. The fraction of sp³-hybridized carbons (Fsp3) is 0.474. The fourth-order valence-electron chi connectivity index (χ4n) is 3.20. The highest BCUT2D eigenvalue weighted by atomic mass is 19.1. The standard InChI is InChI=1S/C19H22FN3O4/c1-12-4-5-13(10-14(12)20)17-21-15(27-22-17)6-7-16(24)23-9-3-8-19(2,11-23)18(25)26/h4-5,10H,3,6-9,11H2,1-2H3,(H,25,26). The molecule has 0 spiro atoms. The second kappa shape index (κ2) is 7.46. The summed E-state index contributed by atoms with van der Waals surface area (Å²) in [4.78, 5) is 29.6. The van der Waals surface area contributed by atoms with Crippen molar-refractivity contribution >= 4 is 11.9 Å². The zero-order valence-corrected chi connectivity index (χ0v) is 15.4. The number of rotatable bonds is 5. The van der Waals surface area contributed by atoms with E-state index in [4.69, 9.17) is 4.52 Å². The first-order valence-electron chi connectivity index (χ1n) is 8.89. The van der Waals surface area contributed by atoms with Crippen LogP contribution in [0.3, 0.4) is 0 Å². The van der Waals surface area contributed by atoms with Gasteiger partial charge < -0.3 is 14.5 Å². The lowest BCUT2D eigenvalue weighted by molar-refractivity contribution is -0.153. The molecule has 0 radical (unpaired) electrons. The number of hydrogen-bond donors (Lipinski definition) is 1. The number of hydrogen-bond acceptors (Lipinski definition) is 5. The molecule has 1 aromatic carbocycles. The molecule has 1 aliphatic heterocycles. The lowest BCUT2D eigenvalue weighted by Gasteiger charge is -2.37. The van der Waals surface area contributed by atoms with Crippen molar-refractivity contribution in [3.63, 3.8) is 0 Å². The Labute approximate surface area is 156 Å². The van der Waals surface area contributed by atoms with E-state index in [1.54, 1.807) is 30.9 Å². The number of nitrogens with zero attached hydrogens (tertiary/aromatic N) is 3. The van der Waals surface area contributed by atoms with Crippen molar-refractivity contribution in [3.8, 4) is 11.4 Å². The molecule has 27 heavy (non-hydrogen) atoms. The largest absolute Gasteiger partial charge is 0.481 e. The molecule has 1 aromatic heterocycles. The number of amides is 1. The van der Waals surface area contributed by atoms with Gasteiger partial charge in [0.2, 0.25) is 17.6 Å². The Morgan fingerprint density at radius 2 is 2.19 bits per heavy atom. The Kier molecular flexibility index (Phi) is 5.25. The van der Waals surface area contributed by atoms with Crippen molar-refractivity contribution in [2.75, 3.05) is 13.1 Å². The molecule has 0 bridgehead atoms. The monoisotopic (exact) mass is 375 g/mol. The van der Waals surface area contributed by atoms with Gasteiger partial charge in [-0.3, -0.25) is 9.59 Å². The summed E-state index contributed by atoms with van der Waals surface area (Å²) in [6.07, 6.45) is 1.63. The van der Waals surface area contributed by atoms with E-state index in [0.29, 0.717) is 30.5 Å². The molecule has 1 N–H and O–H groups in total. The average molecular weight is 375 g/mol. The lowest BCUT2D eigenvalue weighted by Crippen LogP contribution is -2.48. The number of likely N-dealkylation sites (tertiary alicyclic amines) is 1. The summed E-state index contributed by atoms with van der Waals surface area (Å²) in [5, 5.41) is 13.2. The van der Waals surface area contributed by atoms with Gasteiger partial charge in [0.05, 0.1) is 5.41 Å². The smallest absolute Gasteiger partial charge is 0.311 e. The van der Waals surface area contributed by atoms with Crippen molar-refractivity contribution in [2.24, 2.45) is 5.41 Å². The molecule has 1 amide bonds. The maximum absolute atomic E-state index is 13.7. The normalized spacial score (nSPS) is 19.9. The maximum atomic E-state index is 13.7. The van der Waals surface area contributed by atoms with E-state index in [0.717, 1.165) is 0 Å². The molecular weight excluding hydrogens is 353 g/mol. The molecule has 0 aliphatic carbocycles. The summed E-state index contributed by atoms with van der Waals surface area (Å²) in [5.74, 6) is -0.805. The van der Waals surface area contributed by atoms with Crippen LogP contribution in [0.15, 0.2) is 22.7 Å². The van der Waals surface area contributed by atoms with E-state index in [1.165, 1.54) is 6.07 Å². The fourth-order valence-corrected chi connectivity index (χ4v) is 3.20. The highest BCUT2D eigenvalue weighted by Gasteiger charge is 2.39. The number of benzene rings is 1. The first-order chi connectivity index (χ1) is 12.8. The minimum Gasteiger partial charge on any atom is -0.481 e. The summed E-state index contributed by atoms with van der Waals surface area (Å²) >= 11 is 0. The molecule has 3 rings (SSSR count). The highest BCUT2D eigenvalue weighted by molar-refractivity contribution is 5.79. The van der Waals surface area contributed by atoms with Crippen molar-refractivity contribution < 1.29 is 23.6 Å². The van der Waals surface area contributed by atoms with Crippen LogP contribution < -0.4 is 0 Å². The summed E-state index contributed by atoms with van der Waals surface area (Å²) in [6, 6.07) is 4.69. The van der Waals surface area contributed by atoms with E-state index in [2.05, 4.69) is 10.1 Å². The van der Waals surface area contributed by atoms with Crippen molar-refractivity contribution in [1.29, 1.82) is 0 Å². The zero-order chi connectivity index (χ0) is 19.6. The van der Waals surface area contributed by atoms with Gasteiger partial charge in [-0.15, -0.1) is 0 Å². The van der Waals surface area contributed by atoms with Gasteiger partial charge in [0, 0.05) is 31.5 Å². The predicted octanol–water partition coefficient (Wildman–Crippen LogP) is 2.83. The first-order valence-corrected chi connectivity index (χ1v) is 8.89. The molecule has 8 heteroatoms. The molecule has 0 saturated carbocycles. The average Bonchev–Trinajstić information content (AvgIpc) is 3.11. The number of aromatic nitrogens is 2. The van der Waals surface area contributed by atoms with Gasteiger partial charge in [-0.1, -0.05) is 17.3 Å². The van der Waals surface area contributed by atoms with Crippen LogP contribution in [0.4, 0.5) is 4.39 Å². The van der Waals surface area contributed by atoms with Gasteiger partial charge in [-0.05, 0) is 38.3 Å². The zero-order valence-electron chi connectivity index (χ0n) is 15.4. The Hall–Kier alpha value is -2.77. The van der Waals surface area contributed by atoms with Gasteiger partial charge >= 0.3 is 5.97 Å². The molecule has 1 aliphatic rings. The minimum atomic E-state index is -0.902. The SMILES string of the molecule is Cc1ccc(-c2noc(CCC(=O)N3CCCC(C)(C(=O)O)C3)n2)cc1F. The van der Waals surface area contributed by atoms with Crippen LogP contribution in [-0.4, -0.2) is 45.1 Å². The van der Waals surface area contributed by atoms with Crippen LogP contribution in [0.2, 0.25) is 0 Å². The number of halogens is 1. The van der Waals surface area contributed by atoms with Crippen LogP contribution >= 0.6 is 0 Å². The van der Waals surface area contributed by atoms with Gasteiger partial charge in [-0.25, -0.2) is 4.39 Å². The topological polar surface area (TPSA) is 96.5 Å². The Morgan fingerprint density at radius 3 is 2.89 bits per heavy atom. The Morgan fingerprint density at radius 1 is 1.41 bits per heavy atom. The van der Waals surface area contributed by atoms with Crippen LogP contribution in [0, 0.1) is 18.2 Å². The van der Waals surface area contributed by atoms with Crippen LogP contribution in [0.1, 0.15) is 37.6 Å². The molecule has 144 valence electrons. The highest BCUT2D eigenvalue weighted by Crippen LogP contribution is 2.30. The first kappa shape index (κ1) is 19.0. The summed E-state index contributed by atoms with van der Waals surface area (Å²) in [5.41, 5.74) is 0.136. The number of carbonyl (C=O) groups is 2. The second-order valence-corrected chi connectivity index (χ2v) is 7.26. The number of aryl methyl sites for hydroxylation is 2. The molecule has 7 nitrogen and oxygen atoms in total. The number of aliphatic carboxylic acids is 1. The van der Waals surface area contributed by atoms with Gasteiger partial charge in [0.1, 0.15) is 5.82 Å². The van der Waals surface area contributed by atoms with Crippen LogP contribution in [0.25, 0.3) is 11.4 Å². The molecule has 1 fully saturated rings. The Balaban J connectivity index is 1.60. The van der Waals surface area contributed by atoms with Crippen molar-refractivity contribution in [2.45, 2.75) is 39.5 Å². The third kappa shape index (κ3) is 4.15. The van der Waals surface area contributed by atoms with E-state index < -0.39 is 11.4 Å². The third-order valence-corrected chi connectivity index (χ3v) is 5.02. The van der Waals surface area contributed by atoms with E-state index in [9.17, 15) is 19.1 Å². The van der Waals surface area contributed by atoms with Gasteiger partial charge in [0.15, 0.2) is 0 Å². The van der Waals surface area contributed by atoms with Crippen LogP contribution in [-0.2, 0) is 16.0 Å². The quantitative estimate of drug-likeness (QED) is 0.863.